The Morgan fingerprint density at radius 1 is 1.15 bits per heavy atom. The van der Waals surface area contributed by atoms with Gasteiger partial charge in [0.2, 0.25) is 5.91 Å². The van der Waals surface area contributed by atoms with Crippen LogP contribution in [0.15, 0.2) is 0 Å². The number of hydrogen-bond donors (Lipinski definition) is 1. The highest BCUT2D eigenvalue weighted by Crippen LogP contribution is 2.38. The lowest BCUT2D eigenvalue weighted by atomic mass is 9.72. The Kier molecular flexibility index (Phi) is 5.48. The molecule has 2 saturated carbocycles. The minimum Gasteiger partial charge on any atom is -0.342 e. The maximum atomic E-state index is 12.9. The van der Waals surface area contributed by atoms with Crippen molar-refractivity contribution >= 4 is 5.91 Å². The number of amides is 1. The molecule has 0 saturated heterocycles. The maximum absolute atomic E-state index is 12.9. The SMILES string of the molecule is CCC1CCC(N(C)C(=O)C2(CN)CCCCC2)CC1. The Morgan fingerprint density at radius 3 is 2.25 bits per heavy atom. The van der Waals surface area contributed by atoms with Crippen molar-refractivity contribution in [3.8, 4) is 0 Å². The van der Waals surface area contributed by atoms with E-state index in [0.717, 1.165) is 18.8 Å². The summed E-state index contributed by atoms with van der Waals surface area (Å²) in [7, 11) is 2.02. The van der Waals surface area contributed by atoms with Gasteiger partial charge in [-0.2, -0.15) is 0 Å². The number of hydrogen-bond acceptors (Lipinski definition) is 2. The highest BCUT2D eigenvalue weighted by atomic mass is 16.2. The highest BCUT2D eigenvalue weighted by molar-refractivity contribution is 5.83. The average molecular weight is 280 g/mol. The zero-order chi connectivity index (χ0) is 14.6. The minimum atomic E-state index is -0.241. The second kappa shape index (κ2) is 6.93. The summed E-state index contributed by atoms with van der Waals surface area (Å²) in [5.74, 6) is 1.22. The third-order valence-corrected chi connectivity index (χ3v) is 5.92. The first-order valence-electron chi connectivity index (χ1n) is 8.60. The van der Waals surface area contributed by atoms with Gasteiger partial charge in [0.05, 0.1) is 5.41 Å². The van der Waals surface area contributed by atoms with E-state index in [1.807, 2.05) is 7.05 Å². The zero-order valence-corrected chi connectivity index (χ0v) is 13.4. The summed E-state index contributed by atoms with van der Waals surface area (Å²) in [4.78, 5) is 15.0. The molecule has 2 N–H and O–H groups in total. The van der Waals surface area contributed by atoms with Crippen LogP contribution in [0.25, 0.3) is 0 Å². The second-order valence-corrected chi connectivity index (χ2v) is 7.04. The molecule has 2 aliphatic carbocycles. The summed E-state index contributed by atoms with van der Waals surface area (Å²) in [6, 6.07) is 0.454. The van der Waals surface area contributed by atoms with Crippen molar-refractivity contribution in [1.82, 2.24) is 4.90 Å². The van der Waals surface area contributed by atoms with Crippen LogP contribution in [-0.2, 0) is 4.79 Å². The average Bonchev–Trinajstić information content (AvgIpc) is 2.54. The van der Waals surface area contributed by atoms with Crippen molar-refractivity contribution in [1.29, 1.82) is 0 Å². The predicted molar refractivity (Wildman–Crippen MR) is 83.4 cm³/mol. The molecule has 0 aromatic rings. The third kappa shape index (κ3) is 3.19. The molecule has 0 spiro atoms. The van der Waals surface area contributed by atoms with E-state index < -0.39 is 0 Å². The molecule has 0 radical (unpaired) electrons. The Bertz CT molecular complexity index is 315. The van der Waals surface area contributed by atoms with Crippen LogP contribution in [0, 0.1) is 11.3 Å². The number of carbonyl (C=O) groups excluding carboxylic acids is 1. The fraction of sp³-hybridized carbons (Fsp3) is 0.941. The van der Waals surface area contributed by atoms with Crippen molar-refractivity contribution in [2.75, 3.05) is 13.6 Å². The van der Waals surface area contributed by atoms with Gasteiger partial charge in [-0.3, -0.25) is 4.79 Å². The smallest absolute Gasteiger partial charge is 0.230 e. The molecule has 1 amide bonds. The monoisotopic (exact) mass is 280 g/mol. The van der Waals surface area contributed by atoms with Gasteiger partial charge in [-0.1, -0.05) is 32.6 Å². The van der Waals surface area contributed by atoms with Gasteiger partial charge >= 0.3 is 0 Å². The lowest BCUT2D eigenvalue weighted by Gasteiger charge is -2.42. The first-order valence-corrected chi connectivity index (χ1v) is 8.60. The molecule has 0 aromatic carbocycles. The standard InChI is InChI=1S/C17H32N2O/c1-3-14-7-9-15(10-8-14)19(2)16(20)17(13-18)11-5-4-6-12-17/h14-15H,3-13,18H2,1-2H3. The van der Waals surface area contributed by atoms with Crippen LogP contribution < -0.4 is 5.73 Å². The van der Waals surface area contributed by atoms with Gasteiger partial charge in [-0.15, -0.1) is 0 Å². The summed E-state index contributed by atoms with van der Waals surface area (Å²) >= 11 is 0. The van der Waals surface area contributed by atoms with Crippen molar-refractivity contribution in [3.05, 3.63) is 0 Å². The van der Waals surface area contributed by atoms with E-state index >= 15 is 0 Å². The van der Waals surface area contributed by atoms with Crippen molar-refractivity contribution < 1.29 is 4.79 Å². The summed E-state index contributed by atoms with van der Waals surface area (Å²) in [5.41, 5.74) is 5.76. The van der Waals surface area contributed by atoms with Crippen molar-refractivity contribution in [2.45, 2.75) is 77.2 Å². The van der Waals surface area contributed by atoms with Gasteiger partial charge in [0, 0.05) is 19.6 Å². The molecule has 20 heavy (non-hydrogen) atoms. The first-order chi connectivity index (χ1) is 9.63. The van der Waals surface area contributed by atoms with Crippen LogP contribution in [-0.4, -0.2) is 30.4 Å². The van der Waals surface area contributed by atoms with E-state index in [9.17, 15) is 4.79 Å². The molecular weight excluding hydrogens is 248 g/mol. The summed E-state index contributed by atoms with van der Waals surface area (Å²) in [6.07, 6.45) is 11.8. The van der Waals surface area contributed by atoms with Gasteiger partial charge in [-0.05, 0) is 44.4 Å². The van der Waals surface area contributed by atoms with E-state index in [4.69, 9.17) is 5.73 Å². The zero-order valence-electron chi connectivity index (χ0n) is 13.4. The van der Waals surface area contributed by atoms with Crippen molar-refractivity contribution in [3.63, 3.8) is 0 Å². The molecule has 0 heterocycles. The maximum Gasteiger partial charge on any atom is 0.230 e. The van der Waals surface area contributed by atoms with Crippen LogP contribution in [0.2, 0.25) is 0 Å². The van der Waals surface area contributed by atoms with Gasteiger partial charge < -0.3 is 10.6 Å². The lowest BCUT2D eigenvalue weighted by Crippen LogP contribution is -2.51. The topological polar surface area (TPSA) is 46.3 Å². The van der Waals surface area contributed by atoms with Crippen LogP contribution in [0.1, 0.15) is 71.1 Å². The Morgan fingerprint density at radius 2 is 1.75 bits per heavy atom. The molecule has 0 aromatic heterocycles. The van der Waals surface area contributed by atoms with Gasteiger partial charge in [-0.25, -0.2) is 0 Å². The van der Waals surface area contributed by atoms with Crippen LogP contribution in [0.3, 0.4) is 0 Å². The molecule has 2 fully saturated rings. The summed E-state index contributed by atoms with van der Waals surface area (Å²) in [5, 5.41) is 0. The van der Waals surface area contributed by atoms with Crippen LogP contribution in [0.5, 0.6) is 0 Å². The molecule has 0 atom stereocenters. The molecule has 3 nitrogen and oxygen atoms in total. The molecule has 0 bridgehead atoms. The molecule has 2 aliphatic rings. The summed E-state index contributed by atoms with van der Waals surface area (Å²) < 4.78 is 0. The fourth-order valence-electron chi connectivity index (χ4n) is 4.21. The number of carbonyl (C=O) groups is 1. The van der Waals surface area contributed by atoms with Gasteiger partial charge in [0.1, 0.15) is 0 Å². The van der Waals surface area contributed by atoms with Gasteiger partial charge in [0.15, 0.2) is 0 Å². The fourth-order valence-corrected chi connectivity index (χ4v) is 4.21. The van der Waals surface area contributed by atoms with E-state index in [1.165, 1.54) is 51.4 Å². The largest absolute Gasteiger partial charge is 0.342 e. The molecule has 116 valence electrons. The quantitative estimate of drug-likeness (QED) is 0.858. The second-order valence-electron chi connectivity index (χ2n) is 7.04. The van der Waals surface area contributed by atoms with Crippen LogP contribution in [0.4, 0.5) is 0 Å². The van der Waals surface area contributed by atoms with E-state index in [1.54, 1.807) is 0 Å². The van der Waals surface area contributed by atoms with Gasteiger partial charge in [0.25, 0.3) is 0 Å². The first kappa shape index (κ1) is 15.8. The van der Waals surface area contributed by atoms with E-state index in [-0.39, 0.29) is 5.41 Å². The number of rotatable bonds is 4. The normalized spacial score (nSPS) is 29.9. The molecule has 0 unspecified atom stereocenters. The molecule has 3 heteroatoms. The summed E-state index contributed by atoms with van der Waals surface area (Å²) in [6.45, 7) is 2.81. The number of nitrogens with zero attached hydrogens (tertiary/aromatic N) is 1. The predicted octanol–water partition coefficient (Wildman–Crippen LogP) is 3.32. The minimum absolute atomic E-state index is 0.241. The number of nitrogens with two attached hydrogens (primary N) is 1. The van der Waals surface area contributed by atoms with Crippen molar-refractivity contribution in [2.24, 2.45) is 17.1 Å². The lowest BCUT2D eigenvalue weighted by molar-refractivity contribution is -0.145. The van der Waals surface area contributed by atoms with E-state index in [2.05, 4.69) is 11.8 Å². The van der Waals surface area contributed by atoms with Crippen LogP contribution >= 0.6 is 0 Å². The Hall–Kier alpha value is -0.570. The molecular formula is C17H32N2O. The Labute approximate surface area is 124 Å². The molecule has 0 aliphatic heterocycles. The third-order valence-electron chi connectivity index (χ3n) is 5.92. The highest BCUT2D eigenvalue weighted by Gasteiger charge is 2.41. The molecule has 2 rings (SSSR count). The Balaban J connectivity index is 1.97. The van der Waals surface area contributed by atoms with E-state index in [0.29, 0.717) is 18.5 Å².